The maximum Gasteiger partial charge on any atom is 0.263 e. The monoisotopic (exact) mass is 642 g/mol. The van der Waals surface area contributed by atoms with Gasteiger partial charge in [-0.1, -0.05) is 18.2 Å². The first-order chi connectivity index (χ1) is 19.7. The molecule has 216 valence electrons. The maximum absolute atomic E-state index is 15.3. The van der Waals surface area contributed by atoms with Crippen molar-refractivity contribution >= 4 is 48.5 Å². The van der Waals surface area contributed by atoms with Gasteiger partial charge in [0.25, 0.3) is 10.0 Å². The quantitative estimate of drug-likeness (QED) is 0.315. The molecule has 10 nitrogen and oxygen atoms in total. The number of aromatic nitrogens is 4. The molecule has 0 bridgehead atoms. The Kier molecular flexibility index (Phi) is 7.70. The second-order valence-corrected chi connectivity index (χ2v) is 13.3. The lowest BCUT2D eigenvalue weighted by Gasteiger charge is -2.41. The number of hydrogen-bond donors (Lipinski definition) is 2. The number of nitrogens with one attached hydrogen (secondary N) is 1. The molecule has 0 amide bonds. The number of likely N-dealkylation sites (N-methyl/N-ethyl adjacent to an activating group) is 1. The fraction of sp³-hybridized carbons (Fsp3) is 0.393. The summed E-state index contributed by atoms with van der Waals surface area (Å²) in [7, 11) is -1.84. The van der Waals surface area contributed by atoms with Crippen LogP contribution in [0, 0.1) is 5.82 Å². The molecule has 0 radical (unpaired) electrons. The number of halogens is 2. The number of nitrogens with two attached hydrogens (primary N) is 1. The number of anilines is 2. The second kappa shape index (κ2) is 11.3. The Hall–Kier alpha value is -3.13. The molecule has 2 aromatic heterocycles. The average molecular weight is 644 g/mol. The van der Waals surface area contributed by atoms with Crippen molar-refractivity contribution in [2.45, 2.75) is 42.7 Å². The van der Waals surface area contributed by atoms with Gasteiger partial charge in [-0.15, -0.1) is 0 Å². The average Bonchev–Trinajstić information content (AvgIpc) is 3.36. The number of piperazine rings is 1. The van der Waals surface area contributed by atoms with E-state index in [0.717, 1.165) is 51.9 Å². The van der Waals surface area contributed by atoms with E-state index in [1.807, 2.05) is 4.68 Å². The molecule has 0 unspecified atom stereocenters. The Bertz CT molecular complexity index is 1680. The molecule has 3 N–H and O–H groups in total. The lowest BCUT2D eigenvalue weighted by molar-refractivity contribution is 0.0815. The molecular weight excluding hydrogens is 611 g/mol. The number of fused-ring (bicyclic) bond motifs is 1. The fourth-order valence-electron chi connectivity index (χ4n) is 5.91. The van der Waals surface area contributed by atoms with E-state index < -0.39 is 15.8 Å². The molecule has 2 fully saturated rings. The standard InChI is InChI=1S/C28H32BrFN8O2S/c1-36-12-14-37(15-13-36)19-7-9-20(10-8-19)38-28-25(27(31)32-17-33-28)26(34-38)18-6-11-23(22(30)16-18)35-41(39,40)24-5-3-2-4-21(24)29/h2-6,11,16-17,19-20,35H,7-10,12-15H2,1H3,(H2,31,32,33). The smallest absolute Gasteiger partial charge is 0.263 e. The molecule has 41 heavy (non-hydrogen) atoms. The summed E-state index contributed by atoms with van der Waals surface area (Å²) in [6.45, 7) is 4.41. The largest absolute Gasteiger partial charge is 0.383 e. The molecule has 1 saturated carbocycles. The number of sulfonamides is 1. The van der Waals surface area contributed by atoms with E-state index in [1.54, 1.807) is 24.3 Å². The highest BCUT2D eigenvalue weighted by Crippen LogP contribution is 2.38. The zero-order valence-electron chi connectivity index (χ0n) is 22.7. The van der Waals surface area contributed by atoms with Crippen LogP contribution in [0.15, 0.2) is 58.2 Å². The van der Waals surface area contributed by atoms with Gasteiger partial charge in [0.05, 0.1) is 17.1 Å². The predicted octanol–water partition coefficient (Wildman–Crippen LogP) is 4.51. The van der Waals surface area contributed by atoms with Gasteiger partial charge in [-0.05, 0) is 72.9 Å². The molecule has 1 saturated heterocycles. The summed E-state index contributed by atoms with van der Waals surface area (Å²) in [5, 5.41) is 5.46. The third kappa shape index (κ3) is 5.55. The van der Waals surface area contributed by atoms with Crippen LogP contribution >= 0.6 is 15.9 Å². The lowest BCUT2D eigenvalue weighted by Crippen LogP contribution is -2.49. The van der Waals surface area contributed by atoms with Gasteiger partial charge in [-0.3, -0.25) is 9.62 Å². The normalized spacial score (nSPS) is 20.9. The topological polar surface area (TPSA) is 122 Å². The molecule has 2 aromatic carbocycles. The molecule has 1 aliphatic heterocycles. The minimum atomic E-state index is -4.01. The van der Waals surface area contributed by atoms with Gasteiger partial charge in [0.15, 0.2) is 5.65 Å². The van der Waals surface area contributed by atoms with Crippen LogP contribution in [0.4, 0.5) is 15.9 Å². The van der Waals surface area contributed by atoms with Crippen LogP contribution in [0.5, 0.6) is 0 Å². The Balaban J connectivity index is 1.27. The van der Waals surface area contributed by atoms with Crippen molar-refractivity contribution in [2.75, 3.05) is 43.7 Å². The first-order valence-electron chi connectivity index (χ1n) is 13.7. The van der Waals surface area contributed by atoms with Crippen molar-refractivity contribution in [1.82, 2.24) is 29.5 Å². The number of nitrogen functional groups attached to an aromatic ring is 1. The molecule has 1 aliphatic carbocycles. The predicted molar refractivity (Wildman–Crippen MR) is 160 cm³/mol. The summed E-state index contributed by atoms with van der Waals surface area (Å²) in [5.74, 6) is -0.467. The van der Waals surface area contributed by atoms with Crippen molar-refractivity contribution in [2.24, 2.45) is 0 Å². The Morgan fingerprint density at radius 1 is 1.00 bits per heavy atom. The zero-order chi connectivity index (χ0) is 28.7. The Morgan fingerprint density at radius 3 is 2.41 bits per heavy atom. The van der Waals surface area contributed by atoms with Crippen molar-refractivity contribution in [3.05, 3.63) is 59.1 Å². The molecule has 6 rings (SSSR count). The van der Waals surface area contributed by atoms with Crippen molar-refractivity contribution in [1.29, 1.82) is 0 Å². The summed E-state index contributed by atoms with van der Waals surface area (Å²) in [4.78, 5) is 13.7. The van der Waals surface area contributed by atoms with Crippen LogP contribution in [-0.4, -0.2) is 77.2 Å². The first-order valence-corrected chi connectivity index (χ1v) is 16.0. The van der Waals surface area contributed by atoms with E-state index in [1.165, 1.54) is 24.5 Å². The van der Waals surface area contributed by atoms with Crippen LogP contribution in [0.2, 0.25) is 0 Å². The maximum atomic E-state index is 15.3. The highest BCUT2D eigenvalue weighted by molar-refractivity contribution is 9.10. The van der Waals surface area contributed by atoms with Gasteiger partial charge in [-0.2, -0.15) is 5.10 Å². The minimum absolute atomic E-state index is 0.0143. The third-order valence-corrected chi connectivity index (χ3v) is 10.6. The molecule has 4 aromatic rings. The first kappa shape index (κ1) is 28.0. The minimum Gasteiger partial charge on any atom is -0.383 e. The summed E-state index contributed by atoms with van der Waals surface area (Å²) in [6.07, 6.45) is 5.50. The summed E-state index contributed by atoms with van der Waals surface area (Å²) in [5.41, 5.74) is 7.68. The number of rotatable bonds is 6. The number of benzene rings is 2. The highest BCUT2D eigenvalue weighted by Gasteiger charge is 2.31. The SMILES string of the molecule is CN1CCN(C2CCC(n3nc(-c4ccc(NS(=O)(=O)c5ccccc5Br)c(F)c4)c4c(N)ncnc43)CC2)CC1. The molecule has 0 spiro atoms. The van der Waals surface area contributed by atoms with Crippen LogP contribution < -0.4 is 10.5 Å². The Morgan fingerprint density at radius 2 is 1.71 bits per heavy atom. The summed E-state index contributed by atoms with van der Waals surface area (Å²) < 4.78 is 45.8. The van der Waals surface area contributed by atoms with Gasteiger partial charge in [0.2, 0.25) is 0 Å². The van der Waals surface area contributed by atoms with E-state index >= 15 is 4.39 Å². The van der Waals surface area contributed by atoms with Crippen molar-refractivity contribution < 1.29 is 12.8 Å². The van der Waals surface area contributed by atoms with E-state index in [4.69, 9.17) is 10.8 Å². The van der Waals surface area contributed by atoms with Crippen LogP contribution in [0.3, 0.4) is 0 Å². The van der Waals surface area contributed by atoms with Gasteiger partial charge in [0, 0.05) is 42.3 Å². The van der Waals surface area contributed by atoms with Crippen LogP contribution in [-0.2, 0) is 10.0 Å². The molecular formula is C28H32BrFN8O2S. The van der Waals surface area contributed by atoms with Gasteiger partial charge in [0.1, 0.15) is 28.6 Å². The zero-order valence-corrected chi connectivity index (χ0v) is 25.1. The van der Waals surface area contributed by atoms with E-state index in [2.05, 4.69) is 47.5 Å². The van der Waals surface area contributed by atoms with E-state index in [0.29, 0.717) is 32.8 Å². The Labute approximate surface area is 246 Å². The van der Waals surface area contributed by atoms with Gasteiger partial charge >= 0.3 is 0 Å². The fourth-order valence-corrected chi connectivity index (χ4v) is 7.99. The summed E-state index contributed by atoms with van der Waals surface area (Å²) >= 11 is 3.25. The highest BCUT2D eigenvalue weighted by atomic mass is 79.9. The number of nitrogens with zero attached hydrogens (tertiary/aromatic N) is 6. The van der Waals surface area contributed by atoms with Crippen molar-refractivity contribution in [3.8, 4) is 11.3 Å². The third-order valence-electron chi connectivity index (χ3n) is 8.20. The molecule has 2 aliphatic rings. The van der Waals surface area contributed by atoms with Crippen LogP contribution in [0.1, 0.15) is 31.7 Å². The lowest BCUT2D eigenvalue weighted by atomic mass is 9.90. The van der Waals surface area contributed by atoms with E-state index in [-0.39, 0.29) is 22.4 Å². The molecule has 0 atom stereocenters. The molecule has 3 heterocycles. The van der Waals surface area contributed by atoms with Crippen molar-refractivity contribution in [3.63, 3.8) is 0 Å². The van der Waals surface area contributed by atoms with E-state index in [9.17, 15) is 8.42 Å². The van der Waals surface area contributed by atoms with Gasteiger partial charge in [-0.25, -0.2) is 27.5 Å². The molecule has 13 heteroatoms. The second-order valence-electron chi connectivity index (χ2n) is 10.8. The van der Waals surface area contributed by atoms with Crippen LogP contribution in [0.25, 0.3) is 22.3 Å². The number of hydrogen-bond acceptors (Lipinski definition) is 8. The van der Waals surface area contributed by atoms with Gasteiger partial charge < -0.3 is 10.6 Å². The summed E-state index contributed by atoms with van der Waals surface area (Å²) in [6, 6.07) is 11.4.